The second-order valence-corrected chi connectivity index (χ2v) is 5.92. The summed E-state index contributed by atoms with van der Waals surface area (Å²) in [6.45, 7) is 6.34. The minimum Gasteiger partial charge on any atom is -0.508 e. The number of likely N-dealkylation sites (tertiary alicyclic amines) is 1. The predicted octanol–water partition coefficient (Wildman–Crippen LogP) is 3.46. The van der Waals surface area contributed by atoms with Crippen LogP contribution in [0.2, 0.25) is 0 Å². The summed E-state index contributed by atoms with van der Waals surface area (Å²) >= 11 is 0. The van der Waals surface area contributed by atoms with Gasteiger partial charge in [-0.25, -0.2) is 4.79 Å². The van der Waals surface area contributed by atoms with Crippen LogP contribution in [0.4, 0.5) is 4.79 Å². The van der Waals surface area contributed by atoms with Crippen LogP contribution < -0.4 is 0 Å². The summed E-state index contributed by atoms with van der Waals surface area (Å²) in [4.78, 5) is 13.9. The molecule has 1 N–H and O–H groups in total. The van der Waals surface area contributed by atoms with Crippen molar-refractivity contribution in [2.45, 2.75) is 45.3 Å². The first-order valence-electron chi connectivity index (χ1n) is 6.65. The van der Waals surface area contributed by atoms with E-state index < -0.39 is 5.60 Å². The number of benzene rings is 1. The van der Waals surface area contributed by atoms with E-state index in [9.17, 15) is 9.90 Å². The van der Waals surface area contributed by atoms with Gasteiger partial charge in [0, 0.05) is 6.54 Å². The summed E-state index contributed by atoms with van der Waals surface area (Å²) < 4.78 is 5.43. The van der Waals surface area contributed by atoms with Gasteiger partial charge in [-0.3, -0.25) is 0 Å². The van der Waals surface area contributed by atoms with E-state index in [0.29, 0.717) is 0 Å². The fourth-order valence-electron chi connectivity index (χ4n) is 2.35. The van der Waals surface area contributed by atoms with E-state index in [0.717, 1.165) is 24.9 Å². The van der Waals surface area contributed by atoms with Crippen molar-refractivity contribution < 1.29 is 14.6 Å². The molecular formula is C15H21NO3. The summed E-state index contributed by atoms with van der Waals surface area (Å²) in [5, 5.41) is 9.32. The third kappa shape index (κ3) is 3.40. The van der Waals surface area contributed by atoms with Gasteiger partial charge < -0.3 is 14.7 Å². The number of nitrogens with zero attached hydrogens (tertiary/aromatic N) is 1. The molecule has 4 heteroatoms. The lowest BCUT2D eigenvalue weighted by molar-refractivity contribution is 0.0224. The molecule has 1 aromatic carbocycles. The highest BCUT2D eigenvalue weighted by Gasteiger charge is 2.32. The summed E-state index contributed by atoms with van der Waals surface area (Å²) in [6.07, 6.45) is 1.65. The Kier molecular flexibility index (Phi) is 3.69. The Hall–Kier alpha value is -1.71. The highest BCUT2D eigenvalue weighted by molar-refractivity contribution is 5.69. The molecule has 0 radical (unpaired) electrons. The largest absolute Gasteiger partial charge is 0.508 e. The number of phenolic OH excluding ortho intramolecular Hbond substituents is 1. The van der Waals surface area contributed by atoms with Gasteiger partial charge in [-0.15, -0.1) is 0 Å². The van der Waals surface area contributed by atoms with Crippen molar-refractivity contribution in [2.75, 3.05) is 6.54 Å². The molecule has 4 nitrogen and oxygen atoms in total. The minimum absolute atomic E-state index is 0.0513. The van der Waals surface area contributed by atoms with Crippen LogP contribution >= 0.6 is 0 Å². The molecule has 104 valence electrons. The third-order valence-electron chi connectivity index (χ3n) is 3.16. The van der Waals surface area contributed by atoms with Crippen molar-refractivity contribution in [3.63, 3.8) is 0 Å². The SMILES string of the molecule is CC(C)(C)OC(=O)N1CCC[C@@H]1c1ccc(O)cc1. The number of rotatable bonds is 1. The molecule has 2 rings (SSSR count). The van der Waals surface area contributed by atoms with E-state index >= 15 is 0 Å². The zero-order valence-corrected chi connectivity index (χ0v) is 11.7. The standard InChI is InChI=1S/C15H21NO3/c1-15(2,3)19-14(18)16-10-4-5-13(16)11-6-8-12(17)9-7-11/h6-9,13,17H,4-5,10H2,1-3H3/t13-/m1/s1. The van der Waals surface area contributed by atoms with Crippen molar-refractivity contribution >= 4 is 6.09 Å². The molecule has 1 heterocycles. The van der Waals surface area contributed by atoms with Crippen molar-refractivity contribution in [1.82, 2.24) is 4.90 Å². The number of phenols is 1. The predicted molar refractivity (Wildman–Crippen MR) is 73.0 cm³/mol. The first kappa shape index (κ1) is 13.7. The molecule has 1 atom stereocenters. The minimum atomic E-state index is -0.473. The molecule has 0 unspecified atom stereocenters. The topological polar surface area (TPSA) is 49.8 Å². The number of carbonyl (C=O) groups excluding carboxylic acids is 1. The Balaban J connectivity index is 2.12. The van der Waals surface area contributed by atoms with Crippen LogP contribution in [0.5, 0.6) is 5.75 Å². The highest BCUT2D eigenvalue weighted by atomic mass is 16.6. The van der Waals surface area contributed by atoms with Crippen LogP contribution in [-0.2, 0) is 4.74 Å². The summed E-state index contributed by atoms with van der Waals surface area (Å²) in [7, 11) is 0. The molecule has 0 aromatic heterocycles. The highest BCUT2D eigenvalue weighted by Crippen LogP contribution is 2.33. The zero-order chi connectivity index (χ0) is 14.0. The number of carbonyl (C=O) groups is 1. The van der Waals surface area contributed by atoms with Gasteiger partial charge in [0.05, 0.1) is 6.04 Å². The second-order valence-electron chi connectivity index (χ2n) is 5.92. The van der Waals surface area contributed by atoms with Crippen LogP contribution in [-0.4, -0.2) is 28.2 Å². The van der Waals surface area contributed by atoms with Gasteiger partial charge in [0.2, 0.25) is 0 Å². The number of hydrogen-bond donors (Lipinski definition) is 1. The van der Waals surface area contributed by atoms with Crippen molar-refractivity contribution in [2.24, 2.45) is 0 Å². The van der Waals surface area contributed by atoms with Gasteiger partial charge in [0.15, 0.2) is 0 Å². The van der Waals surface area contributed by atoms with E-state index in [1.807, 2.05) is 32.9 Å². The molecule has 1 amide bonds. The van der Waals surface area contributed by atoms with E-state index in [-0.39, 0.29) is 17.9 Å². The second kappa shape index (κ2) is 5.11. The van der Waals surface area contributed by atoms with Crippen LogP contribution in [0.15, 0.2) is 24.3 Å². The Labute approximate surface area is 114 Å². The van der Waals surface area contributed by atoms with Gasteiger partial charge in [0.25, 0.3) is 0 Å². The van der Waals surface area contributed by atoms with Crippen LogP contribution in [0.3, 0.4) is 0 Å². The average Bonchev–Trinajstić information content (AvgIpc) is 2.76. The number of ether oxygens (including phenoxy) is 1. The van der Waals surface area contributed by atoms with Crippen molar-refractivity contribution in [1.29, 1.82) is 0 Å². The van der Waals surface area contributed by atoms with E-state index in [4.69, 9.17) is 4.74 Å². The summed E-state index contributed by atoms with van der Waals surface area (Å²) in [6, 6.07) is 7.09. The molecule has 0 aliphatic carbocycles. The van der Waals surface area contributed by atoms with E-state index in [1.165, 1.54) is 0 Å². The van der Waals surface area contributed by atoms with Gasteiger partial charge in [0.1, 0.15) is 11.4 Å². The quantitative estimate of drug-likeness (QED) is 0.844. The lowest BCUT2D eigenvalue weighted by Gasteiger charge is -2.28. The van der Waals surface area contributed by atoms with Crippen LogP contribution in [0, 0.1) is 0 Å². The fourth-order valence-corrected chi connectivity index (χ4v) is 2.35. The van der Waals surface area contributed by atoms with E-state index in [2.05, 4.69) is 0 Å². The van der Waals surface area contributed by atoms with Crippen molar-refractivity contribution in [3.05, 3.63) is 29.8 Å². The molecule has 1 aromatic rings. The van der Waals surface area contributed by atoms with Crippen molar-refractivity contribution in [3.8, 4) is 5.75 Å². The Morgan fingerprint density at radius 2 is 1.95 bits per heavy atom. The van der Waals surface area contributed by atoms with Gasteiger partial charge in [-0.2, -0.15) is 0 Å². The Bertz CT molecular complexity index is 447. The number of aromatic hydroxyl groups is 1. The van der Waals surface area contributed by atoms with Gasteiger partial charge in [-0.05, 0) is 51.3 Å². The lowest BCUT2D eigenvalue weighted by Crippen LogP contribution is -2.36. The first-order valence-corrected chi connectivity index (χ1v) is 6.65. The molecule has 0 saturated carbocycles. The van der Waals surface area contributed by atoms with Gasteiger partial charge >= 0.3 is 6.09 Å². The maximum atomic E-state index is 12.2. The zero-order valence-electron chi connectivity index (χ0n) is 11.7. The Morgan fingerprint density at radius 3 is 2.53 bits per heavy atom. The number of amides is 1. The summed E-state index contributed by atoms with van der Waals surface area (Å²) in [5.74, 6) is 0.241. The molecule has 0 spiro atoms. The molecule has 1 fully saturated rings. The Morgan fingerprint density at radius 1 is 1.32 bits per heavy atom. The molecular weight excluding hydrogens is 242 g/mol. The number of hydrogen-bond acceptors (Lipinski definition) is 3. The average molecular weight is 263 g/mol. The fraction of sp³-hybridized carbons (Fsp3) is 0.533. The molecule has 1 saturated heterocycles. The van der Waals surface area contributed by atoms with Crippen LogP contribution in [0.1, 0.15) is 45.2 Å². The maximum Gasteiger partial charge on any atom is 0.410 e. The van der Waals surface area contributed by atoms with Crippen LogP contribution in [0.25, 0.3) is 0 Å². The molecule has 1 aliphatic rings. The summed E-state index contributed by atoms with van der Waals surface area (Å²) in [5.41, 5.74) is 0.570. The third-order valence-corrected chi connectivity index (χ3v) is 3.16. The maximum absolute atomic E-state index is 12.2. The van der Waals surface area contributed by atoms with E-state index in [1.54, 1.807) is 17.0 Å². The van der Waals surface area contributed by atoms with Gasteiger partial charge in [-0.1, -0.05) is 12.1 Å². The smallest absolute Gasteiger partial charge is 0.410 e. The molecule has 19 heavy (non-hydrogen) atoms. The monoisotopic (exact) mass is 263 g/mol. The first-order chi connectivity index (χ1) is 8.87. The molecule has 0 bridgehead atoms. The lowest BCUT2D eigenvalue weighted by atomic mass is 10.0. The molecule has 1 aliphatic heterocycles. The normalized spacial score (nSPS) is 19.5.